The minimum Gasteiger partial charge on any atom is -0.452 e. The Morgan fingerprint density at radius 3 is 2.78 bits per heavy atom. The predicted molar refractivity (Wildman–Crippen MR) is 87.9 cm³/mol. The van der Waals surface area contributed by atoms with Crippen molar-refractivity contribution in [2.75, 3.05) is 11.9 Å². The molecule has 3 N–H and O–H groups in total. The zero-order chi connectivity index (χ0) is 16.8. The van der Waals surface area contributed by atoms with Crippen molar-refractivity contribution in [3.63, 3.8) is 0 Å². The maximum atomic E-state index is 11.7. The number of anilines is 1. The van der Waals surface area contributed by atoms with Crippen LogP contribution in [0, 0.1) is 0 Å². The molecule has 2 amide bonds. The zero-order valence-corrected chi connectivity index (χ0v) is 14.0. The second-order valence-electron chi connectivity index (χ2n) is 4.16. The fourth-order valence-corrected chi connectivity index (χ4v) is 2.64. The third kappa shape index (κ3) is 5.08. The Bertz CT molecular complexity index is 765. The monoisotopic (exact) mass is 398 g/mol. The van der Waals surface area contributed by atoms with Crippen LogP contribution in [0.25, 0.3) is 6.08 Å². The standard InChI is InChI=1S/C14H11BrN2O5S/c15-10-3-1-8(22-10)2-4-12(19)21-7-11(18)17-14-9(13(16)20)5-6-23-14/h1-6H,7H2,(H2,16,20)(H,17,18). The topological polar surface area (TPSA) is 112 Å². The molecule has 0 aliphatic carbocycles. The number of hydrogen-bond acceptors (Lipinski definition) is 6. The highest BCUT2D eigenvalue weighted by Gasteiger charge is 2.13. The van der Waals surface area contributed by atoms with E-state index in [9.17, 15) is 14.4 Å². The van der Waals surface area contributed by atoms with Crippen LogP contribution in [0.2, 0.25) is 0 Å². The Kier molecular flexibility index (Phi) is 5.72. The van der Waals surface area contributed by atoms with Gasteiger partial charge in [0.25, 0.3) is 11.8 Å². The van der Waals surface area contributed by atoms with E-state index in [-0.39, 0.29) is 5.56 Å². The highest BCUT2D eigenvalue weighted by atomic mass is 79.9. The Morgan fingerprint density at radius 2 is 2.13 bits per heavy atom. The van der Waals surface area contributed by atoms with Crippen molar-refractivity contribution in [2.45, 2.75) is 0 Å². The summed E-state index contributed by atoms with van der Waals surface area (Å²) in [7, 11) is 0. The normalized spacial score (nSPS) is 10.7. The first-order valence-corrected chi connectivity index (χ1v) is 7.90. The molecule has 0 aliphatic rings. The molecule has 23 heavy (non-hydrogen) atoms. The average Bonchev–Trinajstić information content (AvgIpc) is 3.12. The summed E-state index contributed by atoms with van der Waals surface area (Å²) in [5, 5.41) is 4.39. The molecular weight excluding hydrogens is 388 g/mol. The summed E-state index contributed by atoms with van der Waals surface area (Å²) < 4.78 is 10.5. The summed E-state index contributed by atoms with van der Waals surface area (Å²) in [5.74, 6) is -1.46. The maximum absolute atomic E-state index is 11.7. The van der Waals surface area contributed by atoms with E-state index in [2.05, 4.69) is 21.2 Å². The van der Waals surface area contributed by atoms with Gasteiger partial charge in [-0.1, -0.05) is 0 Å². The van der Waals surface area contributed by atoms with Gasteiger partial charge < -0.3 is 20.2 Å². The average molecular weight is 399 g/mol. The number of ether oxygens (including phenoxy) is 1. The van der Waals surface area contributed by atoms with E-state index in [1.54, 1.807) is 17.5 Å². The van der Waals surface area contributed by atoms with Crippen molar-refractivity contribution < 1.29 is 23.5 Å². The first-order valence-electron chi connectivity index (χ1n) is 6.23. The fraction of sp³-hybridized carbons (Fsp3) is 0.0714. The number of furan rings is 1. The molecule has 0 atom stereocenters. The number of thiophene rings is 1. The molecule has 2 aromatic heterocycles. The number of rotatable bonds is 6. The van der Waals surface area contributed by atoms with Gasteiger partial charge in [-0.15, -0.1) is 11.3 Å². The second-order valence-corrected chi connectivity index (χ2v) is 5.86. The molecule has 0 spiro atoms. The van der Waals surface area contributed by atoms with Gasteiger partial charge in [-0.05, 0) is 45.6 Å². The Hall–Kier alpha value is -2.39. The number of carbonyl (C=O) groups excluding carboxylic acids is 3. The van der Waals surface area contributed by atoms with E-state index in [1.165, 1.54) is 12.1 Å². The minimum absolute atomic E-state index is 0.206. The summed E-state index contributed by atoms with van der Waals surface area (Å²) >= 11 is 4.28. The van der Waals surface area contributed by atoms with Crippen LogP contribution in [0.4, 0.5) is 5.00 Å². The number of hydrogen-bond donors (Lipinski definition) is 2. The predicted octanol–water partition coefficient (Wildman–Crippen LogP) is 2.40. The third-order valence-electron chi connectivity index (χ3n) is 2.51. The van der Waals surface area contributed by atoms with Crippen molar-refractivity contribution in [3.8, 4) is 0 Å². The van der Waals surface area contributed by atoms with Crippen LogP contribution in [-0.4, -0.2) is 24.4 Å². The summed E-state index contributed by atoms with van der Waals surface area (Å²) in [6, 6.07) is 4.83. The van der Waals surface area contributed by atoms with Crippen molar-refractivity contribution in [3.05, 3.63) is 45.6 Å². The molecule has 0 fully saturated rings. The molecular formula is C14H11BrN2O5S. The molecule has 0 radical (unpaired) electrons. The summed E-state index contributed by atoms with van der Waals surface area (Å²) in [4.78, 5) is 34.3. The number of carbonyl (C=O) groups is 3. The van der Waals surface area contributed by atoms with Crippen LogP contribution < -0.4 is 11.1 Å². The molecule has 0 saturated carbocycles. The summed E-state index contributed by atoms with van der Waals surface area (Å²) in [6.45, 7) is -0.485. The van der Waals surface area contributed by atoms with Gasteiger partial charge in [0, 0.05) is 6.08 Å². The molecule has 0 saturated heterocycles. The van der Waals surface area contributed by atoms with Crippen molar-refractivity contribution >= 4 is 56.1 Å². The Morgan fingerprint density at radius 1 is 1.35 bits per heavy atom. The van der Waals surface area contributed by atoms with Gasteiger partial charge in [-0.25, -0.2) is 4.79 Å². The lowest BCUT2D eigenvalue weighted by molar-refractivity contribution is -0.142. The van der Waals surface area contributed by atoms with E-state index in [0.29, 0.717) is 15.4 Å². The molecule has 2 rings (SSSR count). The van der Waals surface area contributed by atoms with E-state index in [1.807, 2.05) is 0 Å². The lowest BCUT2D eigenvalue weighted by atomic mass is 10.3. The number of halogens is 1. The van der Waals surface area contributed by atoms with E-state index >= 15 is 0 Å². The fourth-order valence-electron chi connectivity index (χ4n) is 1.52. The van der Waals surface area contributed by atoms with Gasteiger partial charge in [0.1, 0.15) is 10.8 Å². The van der Waals surface area contributed by atoms with Crippen molar-refractivity contribution in [1.82, 2.24) is 0 Å². The Labute approximate surface area is 143 Å². The maximum Gasteiger partial charge on any atom is 0.331 e. The van der Waals surface area contributed by atoms with Crippen molar-refractivity contribution in [1.29, 1.82) is 0 Å². The van der Waals surface area contributed by atoms with Gasteiger partial charge in [0.05, 0.1) is 5.56 Å². The molecule has 120 valence electrons. The number of amides is 2. The summed E-state index contributed by atoms with van der Waals surface area (Å²) in [6.07, 6.45) is 2.55. The van der Waals surface area contributed by atoms with Gasteiger partial charge in [-0.3, -0.25) is 9.59 Å². The number of esters is 1. The van der Waals surface area contributed by atoms with E-state index < -0.39 is 24.4 Å². The highest BCUT2D eigenvalue weighted by molar-refractivity contribution is 9.10. The lowest BCUT2D eigenvalue weighted by Crippen LogP contribution is -2.21. The molecule has 0 bridgehead atoms. The molecule has 0 unspecified atom stereocenters. The number of nitrogens with two attached hydrogens (primary N) is 1. The molecule has 2 aromatic rings. The zero-order valence-electron chi connectivity index (χ0n) is 11.6. The second kappa shape index (κ2) is 7.75. The number of nitrogens with one attached hydrogen (secondary N) is 1. The third-order valence-corrected chi connectivity index (χ3v) is 3.76. The van der Waals surface area contributed by atoms with Crippen LogP contribution in [0.5, 0.6) is 0 Å². The van der Waals surface area contributed by atoms with Crippen LogP contribution in [-0.2, 0) is 14.3 Å². The van der Waals surface area contributed by atoms with Gasteiger partial charge in [-0.2, -0.15) is 0 Å². The van der Waals surface area contributed by atoms with E-state index in [0.717, 1.165) is 17.4 Å². The SMILES string of the molecule is NC(=O)c1ccsc1NC(=O)COC(=O)C=Cc1ccc(Br)o1. The largest absolute Gasteiger partial charge is 0.452 e. The van der Waals surface area contributed by atoms with Crippen molar-refractivity contribution in [2.24, 2.45) is 5.73 Å². The quantitative estimate of drug-likeness (QED) is 0.572. The molecule has 7 nitrogen and oxygen atoms in total. The Balaban J connectivity index is 1.82. The first-order chi connectivity index (χ1) is 11.0. The van der Waals surface area contributed by atoms with E-state index in [4.69, 9.17) is 14.9 Å². The van der Waals surface area contributed by atoms with Crippen LogP contribution in [0.1, 0.15) is 16.1 Å². The summed E-state index contributed by atoms with van der Waals surface area (Å²) in [5.41, 5.74) is 5.37. The van der Waals surface area contributed by atoms with Gasteiger partial charge in [0.15, 0.2) is 11.3 Å². The van der Waals surface area contributed by atoms with Crippen LogP contribution in [0.3, 0.4) is 0 Å². The molecule has 2 heterocycles. The van der Waals surface area contributed by atoms with Gasteiger partial charge in [0.2, 0.25) is 0 Å². The first kappa shape index (κ1) is 17.0. The lowest BCUT2D eigenvalue weighted by Gasteiger charge is -2.04. The van der Waals surface area contributed by atoms with Crippen LogP contribution >= 0.6 is 27.3 Å². The molecule has 0 aromatic carbocycles. The minimum atomic E-state index is -0.700. The highest BCUT2D eigenvalue weighted by Crippen LogP contribution is 2.22. The smallest absolute Gasteiger partial charge is 0.331 e. The molecule has 0 aliphatic heterocycles. The van der Waals surface area contributed by atoms with Crippen LogP contribution in [0.15, 0.2) is 38.7 Å². The molecule has 9 heteroatoms. The number of primary amides is 1. The van der Waals surface area contributed by atoms with Gasteiger partial charge >= 0.3 is 5.97 Å².